The standard InChI is InChI=1S/C14H20O4/c15-14(9-2-4-11-13(6-9)18-11)16-7-8-1-3-10-12(5-8)17-10/h8-13H,1-7H2/t8-,9-,10-,11-,12+,13-/m1/s1. The molecule has 4 fully saturated rings. The molecular formula is C14H20O4. The van der Waals surface area contributed by atoms with Crippen LogP contribution in [0.5, 0.6) is 0 Å². The lowest BCUT2D eigenvalue weighted by Crippen LogP contribution is -2.27. The van der Waals surface area contributed by atoms with Crippen molar-refractivity contribution >= 4 is 5.97 Å². The van der Waals surface area contributed by atoms with Crippen LogP contribution in [0.25, 0.3) is 0 Å². The van der Waals surface area contributed by atoms with Crippen molar-refractivity contribution in [3.8, 4) is 0 Å². The van der Waals surface area contributed by atoms with E-state index in [1.165, 1.54) is 0 Å². The Bertz CT molecular complexity index is 356. The van der Waals surface area contributed by atoms with Gasteiger partial charge in [-0.3, -0.25) is 4.79 Å². The maximum absolute atomic E-state index is 12.0. The van der Waals surface area contributed by atoms with Gasteiger partial charge in [0, 0.05) is 0 Å². The average Bonchev–Trinajstić information content (AvgIpc) is 3.26. The van der Waals surface area contributed by atoms with Crippen molar-refractivity contribution in [2.75, 3.05) is 6.61 Å². The van der Waals surface area contributed by atoms with Gasteiger partial charge in [-0.15, -0.1) is 0 Å². The minimum atomic E-state index is 0.00258. The Morgan fingerprint density at radius 1 is 0.944 bits per heavy atom. The molecule has 0 aromatic heterocycles. The van der Waals surface area contributed by atoms with Crippen LogP contribution in [0.2, 0.25) is 0 Å². The molecule has 2 heterocycles. The fourth-order valence-corrected chi connectivity index (χ4v) is 3.57. The van der Waals surface area contributed by atoms with Crippen molar-refractivity contribution in [2.45, 2.75) is 62.9 Å². The zero-order valence-electron chi connectivity index (χ0n) is 10.5. The lowest BCUT2D eigenvalue weighted by molar-refractivity contribution is -0.151. The average molecular weight is 252 g/mol. The van der Waals surface area contributed by atoms with Crippen molar-refractivity contribution in [3.05, 3.63) is 0 Å². The molecule has 6 atom stereocenters. The number of carbonyl (C=O) groups is 1. The summed E-state index contributed by atoms with van der Waals surface area (Å²) in [5.74, 6) is 0.608. The van der Waals surface area contributed by atoms with Crippen molar-refractivity contribution in [1.29, 1.82) is 0 Å². The molecule has 0 unspecified atom stereocenters. The predicted molar refractivity (Wildman–Crippen MR) is 63.0 cm³/mol. The van der Waals surface area contributed by atoms with E-state index >= 15 is 0 Å². The van der Waals surface area contributed by atoms with Crippen LogP contribution >= 0.6 is 0 Å². The predicted octanol–water partition coefficient (Wildman–Crippen LogP) is 1.66. The molecule has 2 aliphatic carbocycles. The fraction of sp³-hybridized carbons (Fsp3) is 0.929. The largest absolute Gasteiger partial charge is 0.465 e. The Labute approximate surface area is 107 Å². The van der Waals surface area contributed by atoms with Crippen molar-refractivity contribution in [3.63, 3.8) is 0 Å². The number of esters is 1. The molecule has 0 aromatic rings. The summed E-state index contributed by atoms with van der Waals surface area (Å²) in [4.78, 5) is 12.0. The van der Waals surface area contributed by atoms with Crippen LogP contribution in [-0.4, -0.2) is 37.0 Å². The first-order valence-corrected chi connectivity index (χ1v) is 7.27. The van der Waals surface area contributed by atoms with Crippen LogP contribution in [0.4, 0.5) is 0 Å². The van der Waals surface area contributed by atoms with Gasteiger partial charge < -0.3 is 14.2 Å². The third-order valence-electron chi connectivity index (χ3n) is 4.91. The topological polar surface area (TPSA) is 51.4 Å². The zero-order valence-corrected chi connectivity index (χ0v) is 10.5. The lowest BCUT2D eigenvalue weighted by atomic mass is 9.89. The van der Waals surface area contributed by atoms with E-state index in [2.05, 4.69) is 0 Å². The summed E-state index contributed by atoms with van der Waals surface area (Å²) < 4.78 is 16.4. The minimum absolute atomic E-state index is 0.00258. The molecule has 4 nitrogen and oxygen atoms in total. The van der Waals surface area contributed by atoms with Gasteiger partial charge in [-0.05, 0) is 44.4 Å². The van der Waals surface area contributed by atoms with E-state index in [0.29, 0.717) is 36.9 Å². The van der Waals surface area contributed by atoms with Gasteiger partial charge in [0.25, 0.3) is 0 Å². The molecule has 0 radical (unpaired) electrons. The Kier molecular flexibility index (Phi) is 2.62. The number of epoxide rings is 2. The molecular weight excluding hydrogens is 232 g/mol. The molecule has 2 saturated carbocycles. The van der Waals surface area contributed by atoms with Crippen LogP contribution in [0.3, 0.4) is 0 Å². The van der Waals surface area contributed by atoms with Gasteiger partial charge in [0.2, 0.25) is 0 Å². The number of fused-ring (bicyclic) bond motifs is 2. The number of hydrogen-bond acceptors (Lipinski definition) is 4. The Morgan fingerprint density at radius 2 is 1.67 bits per heavy atom. The first-order valence-electron chi connectivity index (χ1n) is 7.27. The fourth-order valence-electron chi connectivity index (χ4n) is 3.57. The first-order chi connectivity index (χ1) is 8.79. The molecule has 0 bridgehead atoms. The van der Waals surface area contributed by atoms with Gasteiger partial charge >= 0.3 is 5.97 Å². The molecule has 0 amide bonds. The summed E-state index contributed by atoms with van der Waals surface area (Å²) >= 11 is 0. The van der Waals surface area contributed by atoms with Gasteiger partial charge in [-0.25, -0.2) is 0 Å². The van der Waals surface area contributed by atoms with Crippen LogP contribution in [0.1, 0.15) is 38.5 Å². The summed E-state index contributed by atoms with van der Waals surface area (Å²) in [6.45, 7) is 0.594. The quantitative estimate of drug-likeness (QED) is 0.566. The van der Waals surface area contributed by atoms with E-state index in [1.54, 1.807) is 0 Å². The number of carbonyl (C=O) groups excluding carboxylic acids is 1. The second kappa shape index (κ2) is 4.20. The van der Waals surface area contributed by atoms with Crippen molar-refractivity contribution in [1.82, 2.24) is 0 Å². The summed E-state index contributed by atoms with van der Waals surface area (Å²) in [7, 11) is 0. The van der Waals surface area contributed by atoms with Gasteiger partial charge in [-0.2, -0.15) is 0 Å². The van der Waals surface area contributed by atoms with E-state index in [1.807, 2.05) is 0 Å². The maximum atomic E-state index is 12.0. The van der Waals surface area contributed by atoms with Crippen LogP contribution in [0, 0.1) is 11.8 Å². The van der Waals surface area contributed by atoms with E-state index < -0.39 is 0 Å². The second-order valence-electron chi connectivity index (χ2n) is 6.25. The van der Waals surface area contributed by atoms with Gasteiger partial charge in [0.1, 0.15) is 0 Å². The van der Waals surface area contributed by atoms with E-state index in [9.17, 15) is 4.79 Å². The summed E-state index contributed by atoms with van der Waals surface area (Å²) in [5, 5.41) is 0. The van der Waals surface area contributed by atoms with Crippen molar-refractivity contribution < 1.29 is 19.0 Å². The van der Waals surface area contributed by atoms with E-state index in [0.717, 1.165) is 38.5 Å². The minimum Gasteiger partial charge on any atom is -0.465 e. The highest BCUT2D eigenvalue weighted by atomic mass is 16.6. The Morgan fingerprint density at radius 3 is 2.39 bits per heavy atom. The summed E-state index contributed by atoms with van der Waals surface area (Å²) in [5.41, 5.74) is 0. The van der Waals surface area contributed by atoms with Gasteiger partial charge in [0.15, 0.2) is 0 Å². The second-order valence-corrected chi connectivity index (χ2v) is 6.25. The molecule has 0 aromatic carbocycles. The van der Waals surface area contributed by atoms with Crippen LogP contribution < -0.4 is 0 Å². The van der Waals surface area contributed by atoms with Crippen molar-refractivity contribution in [2.24, 2.45) is 11.8 Å². The summed E-state index contributed by atoms with van der Waals surface area (Å²) in [6.07, 6.45) is 8.03. The third kappa shape index (κ3) is 2.16. The SMILES string of the molecule is O=C(OC[C@@H]1CC[C@H]2O[C@H]2C1)[C@@H]1CC[C@H]2O[C@@H]2C1. The number of rotatable bonds is 3. The molecule has 0 spiro atoms. The van der Waals surface area contributed by atoms with E-state index in [4.69, 9.17) is 14.2 Å². The molecule has 2 saturated heterocycles. The number of hydrogen-bond donors (Lipinski definition) is 0. The monoisotopic (exact) mass is 252 g/mol. The molecule has 100 valence electrons. The van der Waals surface area contributed by atoms with Crippen LogP contribution in [-0.2, 0) is 19.0 Å². The van der Waals surface area contributed by atoms with Gasteiger partial charge in [0.05, 0.1) is 36.9 Å². The normalized spacial score (nSPS) is 48.9. The highest BCUT2D eigenvalue weighted by Crippen LogP contribution is 2.41. The maximum Gasteiger partial charge on any atom is 0.309 e. The first kappa shape index (κ1) is 11.2. The van der Waals surface area contributed by atoms with Gasteiger partial charge in [-0.1, -0.05) is 0 Å². The Hall–Kier alpha value is -0.610. The zero-order chi connectivity index (χ0) is 12.1. The highest BCUT2D eigenvalue weighted by Gasteiger charge is 2.47. The smallest absolute Gasteiger partial charge is 0.309 e. The molecule has 4 aliphatic rings. The molecule has 18 heavy (non-hydrogen) atoms. The summed E-state index contributed by atoms with van der Waals surface area (Å²) in [6, 6.07) is 0. The van der Waals surface area contributed by atoms with Crippen LogP contribution in [0.15, 0.2) is 0 Å². The molecule has 4 rings (SSSR count). The highest BCUT2D eigenvalue weighted by molar-refractivity contribution is 5.72. The molecule has 4 heteroatoms. The third-order valence-corrected chi connectivity index (χ3v) is 4.91. The number of ether oxygens (including phenoxy) is 3. The molecule has 2 aliphatic heterocycles. The lowest BCUT2D eigenvalue weighted by Gasteiger charge is -2.21. The van der Waals surface area contributed by atoms with E-state index in [-0.39, 0.29) is 11.9 Å². The molecule has 0 N–H and O–H groups in total. The Balaban J connectivity index is 1.23.